The summed E-state index contributed by atoms with van der Waals surface area (Å²) in [6, 6.07) is 6.29. The summed E-state index contributed by atoms with van der Waals surface area (Å²) in [5, 5.41) is 6.80. The lowest BCUT2D eigenvalue weighted by molar-refractivity contribution is 0.0711. The first-order valence-corrected chi connectivity index (χ1v) is 10.9. The third-order valence-corrected chi connectivity index (χ3v) is 6.57. The number of rotatable bonds is 2. The van der Waals surface area contributed by atoms with Crippen molar-refractivity contribution in [2.45, 2.75) is 44.6 Å². The molecule has 0 radical (unpaired) electrons. The Hall–Kier alpha value is -2.31. The zero-order chi connectivity index (χ0) is 19.6. The average molecular weight is 392 g/mol. The molecule has 4 heterocycles. The van der Waals surface area contributed by atoms with Gasteiger partial charge in [0.25, 0.3) is 5.91 Å². The van der Waals surface area contributed by atoms with E-state index in [4.69, 9.17) is 4.98 Å². The second kappa shape index (κ2) is 8.20. The lowest BCUT2D eigenvalue weighted by Gasteiger charge is -2.32. The number of carbonyl (C=O) groups excluding carboxylic acids is 1. The molecule has 152 valence electrons. The van der Waals surface area contributed by atoms with E-state index in [1.807, 2.05) is 17.2 Å². The molecule has 1 aromatic heterocycles. The van der Waals surface area contributed by atoms with Crippen molar-refractivity contribution in [1.82, 2.24) is 25.5 Å². The Morgan fingerprint density at radius 1 is 0.966 bits per heavy atom. The van der Waals surface area contributed by atoms with Crippen molar-refractivity contribution in [3.8, 4) is 0 Å². The number of fused-ring (bicyclic) bond motifs is 2. The summed E-state index contributed by atoms with van der Waals surface area (Å²) in [5.74, 6) is 1.49. The van der Waals surface area contributed by atoms with E-state index in [2.05, 4.69) is 27.8 Å². The number of nitrogens with one attached hydrogen (secondary N) is 2. The Morgan fingerprint density at radius 2 is 1.76 bits per heavy atom. The van der Waals surface area contributed by atoms with Crippen LogP contribution in [0.2, 0.25) is 0 Å². The van der Waals surface area contributed by atoms with Gasteiger partial charge in [0.1, 0.15) is 5.82 Å². The van der Waals surface area contributed by atoms with E-state index in [1.165, 1.54) is 22.4 Å². The van der Waals surface area contributed by atoms with Gasteiger partial charge in [0, 0.05) is 61.5 Å². The molecule has 3 aliphatic heterocycles. The summed E-state index contributed by atoms with van der Waals surface area (Å²) in [6.07, 6.45) is 6.91. The standard InChI is InChI=1S/C23H29N5O/c29-23(19-2-1-16-3-8-24-9-4-18(16)13-19)28-11-6-17(7-12-28)22-26-15-20-14-25-10-5-21(20)27-22/h1-2,13,15,17,24-25H,3-12,14H2. The minimum Gasteiger partial charge on any atom is -0.339 e. The average Bonchev–Trinajstić information content (AvgIpc) is 3.03. The van der Waals surface area contributed by atoms with Crippen molar-refractivity contribution < 1.29 is 4.79 Å². The van der Waals surface area contributed by atoms with Gasteiger partial charge in [0.2, 0.25) is 0 Å². The van der Waals surface area contributed by atoms with Gasteiger partial charge in [-0.1, -0.05) is 6.07 Å². The Labute approximate surface area is 172 Å². The number of aromatic nitrogens is 2. The van der Waals surface area contributed by atoms with Gasteiger partial charge < -0.3 is 15.5 Å². The molecule has 1 aromatic carbocycles. The quantitative estimate of drug-likeness (QED) is 0.817. The van der Waals surface area contributed by atoms with Crippen LogP contribution in [0.1, 0.15) is 57.3 Å². The number of likely N-dealkylation sites (tertiary alicyclic amines) is 1. The van der Waals surface area contributed by atoms with Gasteiger partial charge >= 0.3 is 0 Å². The van der Waals surface area contributed by atoms with Crippen molar-refractivity contribution >= 4 is 5.91 Å². The minimum atomic E-state index is 0.167. The summed E-state index contributed by atoms with van der Waals surface area (Å²) in [7, 11) is 0. The number of hydrogen-bond acceptors (Lipinski definition) is 5. The molecule has 3 aliphatic rings. The van der Waals surface area contributed by atoms with Gasteiger partial charge in [-0.2, -0.15) is 0 Å². The topological polar surface area (TPSA) is 70.2 Å². The van der Waals surface area contributed by atoms with Gasteiger partial charge in [-0.3, -0.25) is 4.79 Å². The summed E-state index contributed by atoms with van der Waals surface area (Å²) in [5.41, 5.74) is 5.97. The van der Waals surface area contributed by atoms with Crippen LogP contribution in [0.3, 0.4) is 0 Å². The van der Waals surface area contributed by atoms with Crippen molar-refractivity contribution in [3.63, 3.8) is 0 Å². The fourth-order valence-electron chi connectivity index (χ4n) is 4.78. The summed E-state index contributed by atoms with van der Waals surface area (Å²) < 4.78 is 0. The molecule has 6 nitrogen and oxygen atoms in total. The highest BCUT2D eigenvalue weighted by molar-refractivity contribution is 5.94. The fourth-order valence-corrected chi connectivity index (χ4v) is 4.78. The molecule has 29 heavy (non-hydrogen) atoms. The molecule has 0 spiro atoms. The van der Waals surface area contributed by atoms with E-state index in [0.29, 0.717) is 5.92 Å². The predicted molar refractivity (Wildman–Crippen MR) is 112 cm³/mol. The normalized spacial score (nSPS) is 19.9. The van der Waals surface area contributed by atoms with Crippen LogP contribution in [0.15, 0.2) is 24.4 Å². The van der Waals surface area contributed by atoms with E-state index in [9.17, 15) is 4.79 Å². The third-order valence-electron chi connectivity index (χ3n) is 6.57. The highest BCUT2D eigenvalue weighted by Gasteiger charge is 2.27. The maximum atomic E-state index is 13.1. The minimum absolute atomic E-state index is 0.167. The lowest BCUT2D eigenvalue weighted by atomic mass is 9.94. The maximum Gasteiger partial charge on any atom is 0.253 e. The number of hydrogen-bond donors (Lipinski definition) is 2. The molecule has 0 aliphatic carbocycles. The van der Waals surface area contributed by atoms with Crippen molar-refractivity contribution in [3.05, 3.63) is 58.2 Å². The molecule has 0 saturated carbocycles. The summed E-state index contributed by atoms with van der Waals surface area (Å²) in [4.78, 5) is 24.6. The molecule has 6 heteroatoms. The van der Waals surface area contributed by atoms with Crippen LogP contribution in [0.5, 0.6) is 0 Å². The molecule has 0 atom stereocenters. The first kappa shape index (κ1) is 18.7. The number of carbonyl (C=O) groups is 1. The first-order chi connectivity index (χ1) is 14.3. The van der Waals surface area contributed by atoms with Gasteiger partial charge in [-0.15, -0.1) is 0 Å². The molecular weight excluding hydrogens is 362 g/mol. The van der Waals surface area contributed by atoms with Gasteiger partial charge in [0.05, 0.1) is 0 Å². The number of piperidine rings is 1. The van der Waals surface area contributed by atoms with E-state index in [-0.39, 0.29) is 5.91 Å². The molecule has 5 rings (SSSR count). The second-order valence-electron chi connectivity index (χ2n) is 8.43. The maximum absolute atomic E-state index is 13.1. The first-order valence-electron chi connectivity index (χ1n) is 10.9. The SMILES string of the molecule is O=C(c1ccc2c(c1)CCNCC2)N1CCC(c2ncc3c(n2)CCNC3)CC1. The second-order valence-corrected chi connectivity index (χ2v) is 8.43. The Balaban J connectivity index is 1.25. The van der Waals surface area contributed by atoms with Crippen molar-refractivity contribution in [2.75, 3.05) is 32.7 Å². The summed E-state index contributed by atoms with van der Waals surface area (Å²) in [6.45, 7) is 5.45. The third kappa shape index (κ3) is 3.91. The Morgan fingerprint density at radius 3 is 2.62 bits per heavy atom. The predicted octanol–water partition coefficient (Wildman–Crippen LogP) is 1.83. The number of nitrogens with zero attached hydrogens (tertiary/aromatic N) is 3. The van der Waals surface area contributed by atoms with Gasteiger partial charge in [0.15, 0.2) is 0 Å². The number of benzene rings is 1. The molecular formula is C23H29N5O. The molecule has 1 saturated heterocycles. The van der Waals surface area contributed by atoms with E-state index in [0.717, 1.165) is 82.8 Å². The van der Waals surface area contributed by atoms with E-state index in [1.54, 1.807) is 0 Å². The zero-order valence-electron chi connectivity index (χ0n) is 16.9. The van der Waals surface area contributed by atoms with Gasteiger partial charge in [-0.25, -0.2) is 9.97 Å². The highest BCUT2D eigenvalue weighted by Crippen LogP contribution is 2.28. The largest absolute Gasteiger partial charge is 0.339 e. The smallest absolute Gasteiger partial charge is 0.253 e. The van der Waals surface area contributed by atoms with Crippen LogP contribution in [-0.4, -0.2) is 53.5 Å². The van der Waals surface area contributed by atoms with Crippen molar-refractivity contribution in [1.29, 1.82) is 0 Å². The van der Waals surface area contributed by atoms with Crippen LogP contribution in [-0.2, 0) is 25.8 Å². The van der Waals surface area contributed by atoms with Crippen LogP contribution >= 0.6 is 0 Å². The molecule has 0 unspecified atom stereocenters. The molecule has 2 N–H and O–H groups in total. The fraction of sp³-hybridized carbons (Fsp3) is 0.522. The Bertz CT molecular complexity index is 904. The monoisotopic (exact) mass is 391 g/mol. The van der Waals surface area contributed by atoms with Crippen LogP contribution in [0, 0.1) is 0 Å². The van der Waals surface area contributed by atoms with Crippen LogP contribution < -0.4 is 10.6 Å². The van der Waals surface area contributed by atoms with Crippen LogP contribution in [0.4, 0.5) is 0 Å². The molecule has 2 aromatic rings. The number of amides is 1. The molecule has 1 amide bonds. The lowest BCUT2D eigenvalue weighted by Crippen LogP contribution is -2.38. The zero-order valence-corrected chi connectivity index (χ0v) is 16.9. The van der Waals surface area contributed by atoms with Gasteiger partial charge in [-0.05, 0) is 62.0 Å². The Kier molecular flexibility index (Phi) is 5.29. The highest BCUT2D eigenvalue weighted by atomic mass is 16.2. The molecule has 1 fully saturated rings. The summed E-state index contributed by atoms with van der Waals surface area (Å²) >= 11 is 0. The molecule has 0 bridgehead atoms. The van der Waals surface area contributed by atoms with E-state index < -0.39 is 0 Å². The van der Waals surface area contributed by atoms with E-state index >= 15 is 0 Å². The van der Waals surface area contributed by atoms with Crippen molar-refractivity contribution in [2.24, 2.45) is 0 Å². The van der Waals surface area contributed by atoms with Crippen LogP contribution in [0.25, 0.3) is 0 Å².